The zero-order valence-electron chi connectivity index (χ0n) is 10.5. The molecule has 0 fully saturated rings. The minimum Gasteiger partial charge on any atom is -0.508 e. The fourth-order valence-corrected chi connectivity index (χ4v) is 2.37. The molecule has 4 rings (SSSR count). The van der Waals surface area contributed by atoms with E-state index in [1.54, 1.807) is 24.5 Å². The minimum atomic E-state index is 0.278. The molecule has 0 spiro atoms. The molecule has 0 radical (unpaired) electrons. The second-order valence-electron chi connectivity index (χ2n) is 4.72. The Hall–Kier alpha value is -2.88. The van der Waals surface area contributed by atoms with Gasteiger partial charge >= 0.3 is 0 Å². The zero-order chi connectivity index (χ0) is 13.5. The lowest BCUT2D eigenvalue weighted by Gasteiger charge is -2.01. The van der Waals surface area contributed by atoms with Crippen LogP contribution in [0.3, 0.4) is 0 Å². The molecule has 4 nitrogen and oxygen atoms in total. The number of fused-ring (bicyclic) bond motifs is 2. The zero-order valence-corrected chi connectivity index (χ0v) is 10.5. The van der Waals surface area contributed by atoms with Crippen molar-refractivity contribution in [2.24, 2.45) is 0 Å². The van der Waals surface area contributed by atoms with E-state index in [4.69, 9.17) is 0 Å². The van der Waals surface area contributed by atoms with Gasteiger partial charge in [0.2, 0.25) is 0 Å². The van der Waals surface area contributed by atoms with Crippen LogP contribution in [0.15, 0.2) is 54.9 Å². The first-order valence-electron chi connectivity index (χ1n) is 6.32. The van der Waals surface area contributed by atoms with E-state index in [1.165, 1.54) is 0 Å². The highest BCUT2D eigenvalue weighted by Crippen LogP contribution is 2.26. The molecule has 0 unspecified atom stereocenters. The van der Waals surface area contributed by atoms with Gasteiger partial charge in [0.05, 0.1) is 17.2 Å². The molecule has 2 heterocycles. The third-order valence-corrected chi connectivity index (χ3v) is 3.38. The fourth-order valence-electron chi connectivity index (χ4n) is 2.37. The van der Waals surface area contributed by atoms with Crippen LogP contribution in [-0.4, -0.2) is 20.1 Å². The van der Waals surface area contributed by atoms with Gasteiger partial charge in [-0.05, 0) is 35.0 Å². The summed E-state index contributed by atoms with van der Waals surface area (Å²) < 4.78 is 0. The molecule has 2 aromatic heterocycles. The monoisotopic (exact) mass is 261 g/mol. The normalized spacial score (nSPS) is 11.2. The summed E-state index contributed by atoms with van der Waals surface area (Å²) >= 11 is 0. The number of phenols is 1. The van der Waals surface area contributed by atoms with E-state index in [0.29, 0.717) is 0 Å². The van der Waals surface area contributed by atoms with Crippen LogP contribution in [0.1, 0.15) is 0 Å². The largest absolute Gasteiger partial charge is 0.508 e. The Bertz CT molecular complexity index is 894. The lowest BCUT2D eigenvalue weighted by molar-refractivity contribution is 0.476. The predicted molar refractivity (Wildman–Crippen MR) is 78.5 cm³/mol. The summed E-state index contributed by atoms with van der Waals surface area (Å²) in [5.41, 5.74) is 2.84. The maximum Gasteiger partial charge on any atom is 0.138 e. The lowest BCUT2D eigenvalue weighted by atomic mass is 10.1. The van der Waals surface area contributed by atoms with Gasteiger partial charge in [-0.25, -0.2) is 4.98 Å². The quantitative estimate of drug-likeness (QED) is 0.551. The van der Waals surface area contributed by atoms with Crippen molar-refractivity contribution in [1.82, 2.24) is 15.0 Å². The molecule has 0 aliphatic heterocycles. The Morgan fingerprint density at radius 1 is 0.950 bits per heavy atom. The van der Waals surface area contributed by atoms with Gasteiger partial charge in [0.15, 0.2) is 0 Å². The van der Waals surface area contributed by atoms with Crippen molar-refractivity contribution in [3.63, 3.8) is 0 Å². The number of aromatic nitrogens is 3. The average Bonchev–Trinajstić information content (AvgIpc) is 2.90. The standard InChI is InChI=1S/C16H11N3O/c20-13-4-3-10-7-12(2-1-11(10)8-13)16-18-14-5-6-17-9-15(14)19-16/h1-9,20H,(H,18,19). The lowest BCUT2D eigenvalue weighted by Crippen LogP contribution is -1.81. The summed E-state index contributed by atoms with van der Waals surface area (Å²) in [6.45, 7) is 0. The summed E-state index contributed by atoms with van der Waals surface area (Å²) in [7, 11) is 0. The molecule has 4 heteroatoms. The number of hydrogen-bond acceptors (Lipinski definition) is 3. The smallest absolute Gasteiger partial charge is 0.138 e. The van der Waals surface area contributed by atoms with Gasteiger partial charge in [-0.3, -0.25) is 4.98 Å². The number of hydrogen-bond donors (Lipinski definition) is 2. The van der Waals surface area contributed by atoms with Gasteiger partial charge in [0, 0.05) is 11.8 Å². The molecular weight excluding hydrogens is 250 g/mol. The number of phenolic OH excluding ortho intramolecular Hbond substituents is 1. The number of rotatable bonds is 1. The highest BCUT2D eigenvalue weighted by atomic mass is 16.3. The van der Waals surface area contributed by atoms with E-state index >= 15 is 0 Å². The molecule has 0 bridgehead atoms. The molecule has 2 N–H and O–H groups in total. The van der Waals surface area contributed by atoms with Crippen molar-refractivity contribution >= 4 is 21.8 Å². The van der Waals surface area contributed by atoms with E-state index in [-0.39, 0.29) is 5.75 Å². The molecule has 20 heavy (non-hydrogen) atoms. The third-order valence-electron chi connectivity index (χ3n) is 3.38. The fraction of sp³-hybridized carbons (Fsp3) is 0. The van der Waals surface area contributed by atoms with Crippen molar-refractivity contribution < 1.29 is 5.11 Å². The Kier molecular flexibility index (Phi) is 2.23. The van der Waals surface area contributed by atoms with Crippen molar-refractivity contribution in [1.29, 1.82) is 0 Å². The van der Waals surface area contributed by atoms with Gasteiger partial charge < -0.3 is 10.1 Å². The van der Waals surface area contributed by atoms with Crippen LogP contribution in [0.5, 0.6) is 5.75 Å². The van der Waals surface area contributed by atoms with Crippen LogP contribution in [0.2, 0.25) is 0 Å². The van der Waals surface area contributed by atoms with E-state index < -0.39 is 0 Å². The SMILES string of the molecule is Oc1ccc2cc(-c3nc4ccncc4[nH]3)ccc2c1. The molecule has 0 atom stereocenters. The number of H-pyrrole nitrogens is 1. The van der Waals surface area contributed by atoms with Gasteiger partial charge in [-0.15, -0.1) is 0 Å². The van der Waals surface area contributed by atoms with Crippen molar-refractivity contribution in [2.75, 3.05) is 0 Å². The third kappa shape index (κ3) is 1.70. The summed E-state index contributed by atoms with van der Waals surface area (Å²) in [5, 5.41) is 11.6. The van der Waals surface area contributed by atoms with Gasteiger partial charge in [-0.1, -0.05) is 18.2 Å². The molecule has 2 aromatic carbocycles. The number of pyridine rings is 1. The van der Waals surface area contributed by atoms with Crippen LogP contribution in [0.25, 0.3) is 33.2 Å². The minimum absolute atomic E-state index is 0.278. The Balaban J connectivity index is 1.90. The van der Waals surface area contributed by atoms with Gasteiger partial charge in [0.1, 0.15) is 11.6 Å². The number of imidazole rings is 1. The maximum absolute atomic E-state index is 9.49. The summed E-state index contributed by atoms with van der Waals surface area (Å²) in [6, 6.07) is 13.3. The Labute approximate surface area is 114 Å². The van der Waals surface area contributed by atoms with Gasteiger partial charge in [-0.2, -0.15) is 0 Å². The molecule has 0 aliphatic carbocycles. The van der Waals surface area contributed by atoms with E-state index in [2.05, 4.69) is 21.0 Å². The molecule has 96 valence electrons. The number of aromatic amines is 1. The molecule has 0 saturated carbocycles. The predicted octanol–water partition coefficient (Wildman–Crippen LogP) is 3.48. The molecule has 4 aromatic rings. The van der Waals surface area contributed by atoms with Crippen LogP contribution < -0.4 is 0 Å². The van der Waals surface area contributed by atoms with Crippen molar-refractivity contribution in [2.45, 2.75) is 0 Å². The van der Waals surface area contributed by atoms with Crippen molar-refractivity contribution in [3.05, 3.63) is 54.9 Å². The topological polar surface area (TPSA) is 61.8 Å². The summed E-state index contributed by atoms with van der Waals surface area (Å²) in [6.07, 6.45) is 3.50. The molecule has 0 saturated heterocycles. The van der Waals surface area contributed by atoms with E-state index in [9.17, 15) is 5.11 Å². The first kappa shape index (κ1) is 11.0. The number of benzene rings is 2. The maximum atomic E-state index is 9.49. The highest BCUT2D eigenvalue weighted by Gasteiger charge is 2.06. The first-order chi connectivity index (χ1) is 9.79. The van der Waals surface area contributed by atoms with Gasteiger partial charge in [0.25, 0.3) is 0 Å². The Morgan fingerprint density at radius 3 is 2.70 bits per heavy atom. The van der Waals surface area contributed by atoms with Crippen LogP contribution in [0, 0.1) is 0 Å². The van der Waals surface area contributed by atoms with Crippen molar-refractivity contribution in [3.8, 4) is 17.1 Å². The number of nitrogens with zero attached hydrogens (tertiary/aromatic N) is 2. The summed E-state index contributed by atoms with van der Waals surface area (Å²) in [5.74, 6) is 1.10. The second-order valence-corrected chi connectivity index (χ2v) is 4.72. The Morgan fingerprint density at radius 2 is 1.80 bits per heavy atom. The molecule has 0 aliphatic rings. The highest BCUT2D eigenvalue weighted by molar-refractivity contribution is 5.88. The van der Waals surface area contributed by atoms with E-state index in [1.807, 2.05) is 24.3 Å². The van der Waals surface area contributed by atoms with Crippen LogP contribution in [0.4, 0.5) is 0 Å². The average molecular weight is 261 g/mol. The number of nitrogens with one attached hydrogen (secondary N) is 1. The van der Waals surface area contributed by atoms with Crippen LogP contribution in [-0.2, 0) is 0 Å². The van der Waals surface area contributed by atoms with E-state index in [0.717, 1.165) is 33.2 Å². The van der Waals surface area contributed by atoms with Crippen LogP contribution >= 0.6 is 0 Å². The molecule has 0 amide bonds. The number of aromatic hydroxyl groups is 1. The summed E-state index contributed by atoms with van der Waals surface area (Å²) in [4.78, 5) is 11.9. The first-order valence-corrected chi connectivity index (χ1v) is 6.32. The second kappa shape index (κ2) is 4.06. The molecular formula is C16H11N3O.